The Morgan fingerprint density at radius 1 is 1.44 bits per heavy atom. The van der Waals surface area contributed by atoms with E-state index in [1.807, 2.05) is 11.8 Å². The number of thioether (sulfide) groups is 1. The average Bonchev–Trinajstić information content (AvgIpc) is 2.80. The molecular weight excluding hydrogens is 262 g/mol. The van der Waals surface area contributed by atoms with Crippen molar-refractivity contribution in [2.45, 2.75) is 43.0 Å². The van der Waals surface area contributed by atoms with Gasteiger partial charge < -0.3 is 5.32 Å². The van der Waals surface area contributed by atoms with Gasteiger partial charge in [-0.1, -0.05) is 25.1 Å². The van der Waals surface area contributed by atoms with E-state index in [1.165, 1.54) is 16.2 Å². The molecule has 1 aliphatic heterocycles. The Morgan fingerprint density at radius 2 is 2.22 bits per heavy atom. The molecule has 0 fully saturated rings. The average molecular weight is 284 g/mol. The largest absolute Gasteiger partial charge is 0.311 e. The van der Waals surface area contributed by atoms with Crippen molar-refractivity contribution in [3.8, 4) is 0 Å². The molecule has 1 N–H and O–H groups in total. The molecule has 1 aromatic carbocycles. The molecule has 1 aromatic rings. The van der Waals surface area contributed by atoms with Gasteiger partial charge in [-0.3, -0.25) is 0 Å². The molecule has 0 amide bonds. The lowest BCUT2D eigenvalue weighted by molar-refractivity contribution is 0.327. The summed E-state index contributed by atoms with van der Waals surface area (Å²) in [7, 11) is 0. The Hall–Kier alpha value is -0.180. The minimum Gasteiger partial charge on any atom is -0.311 e. The summed E-state index contributed by atoms with van der Waals surface area (Å²) in [6, 6.07) is 8.78. The molecule has 2 atom stereocenters. The molecule has 0 radical (unpaired) electrons. The highest BCUT2D eigenvalue weighted by Crippen LogP contribution is 2.39. The summed E-state index contributed by atoms with van der Waals surface area (Å²) < 4.78 is 0. The summed E-state index contributed by atoms with van der Waals surface area (Å²) in [5.74, 6) is 2.58. The van der Waals surface area contributed by atoms with Crippen LogP contribution in [-0.2, 0) is 0 Å². The highest BCUT2D eigenvalue weighted by Gasteiger charge is 2.26. The van der Waals surface area contributed by atoms with Gasteiger partial charge in [-0.15, -0.1) is 23.4 Å². The van der Waals surface area contributed by atoms with Gasteiger partial charge in [0, 0.05) is 34.5 Å². The van der Waals surface area contributed by atoms with E-state index in [-0.39, 0.29) is 5.54 Å². The molecule has 1 aliphatic rings. The molecule has 100 valence electrons. The minimum absolute atomic E-state index is 0.184. The van der Waals surface area contributed by atoms with Crippen molar-refractivity contribution in [1.29, 1.82) is 0 Å². The van der Waals surface area contributed by atoms with Crippen molar-refractivity contribution < 1.29 is 0 Å². The molecule has 0 bridgehead atoms. The fourth-order valence-electron chi connectivity index (χ4n) is 2.37. The molecule has 1 heterocycles. The lowest BCUT2D eigenvalue weighted by Crippen LogP contribution is -2.44. The molecule has 3 heteroatoms. The van der Waals surface area contributed by atoms with Crippen molar-refractivity contribution in [3.05, 3.63) is 29.8 Å². The Balaban J connectivity index is 1.96. The van der Waals surface area contributed by atoms with Crippen LogP contribution in [-0.4, -0.2) is 23.7 Å². The summed E-state index contributed by atoms with van der Waals surface area (Å²) in [6.45, 7) is 5.57. The maximum atomic E-state index is 5.90. The van der Waals surface area contributed by atoms with E-state index in [0.717, 1.165) is 25.3 Å². The first kappa shape index (κ1) is 14.2. The van der Waals surface area contributed by atoms with E-state index in [9.17, 15) is 0 Å². The fraction of sp³-hybridized carbons (Fsp3) is 0.600. The minimum atomic E-state index is 0.184. The van der Waals surface area contributed by atoms with E-state index in [2.05, 4.69) is 43.4 Å². The maximum absolute atomic E-state index is 5.90. The number of benzene rings is 1. The number of hydrogen-bond donors (Lipinski definition) is 1. The Bertz CT molecular complexity index is 396. The van der Waals surface area contributed by atoms with Crippen LogP contribution in [0.25, 0.3) is 0 Å². The first-order valence-electron chi connectivity index (χ1n) is 6.71. The maximum Gasteiger partial charge on any atom is 0.0240 e. The second-order valence-corrected chi connectivity index (χ2v) is 6.72. The van der Waals surface area contributed by atoms with Gasteiger partial charge in [-0.25, -0.2) is 0 Å². The van der Waals surface area contributed by atoms with E-state index < -0.39 is 0 Å². The van der Waals surface area contributed by atoms with Crippen molar-refractivity contribution in [2.24, 2.45) is 0 Å². The second-order valence-electron chi connectivity index (χ2n) is 5.28. The molecule has 0 aliphatic carbocycles. The number of alkyl halides is 1. The lowest BCUT2D eigenvalue weighted by atomic mass is 9.93. The van der Waals surface area contributed by atoms with Gasteiger partial charge in [0.05, 0.1) is 0 Å². The van der Waals surface area contributed by atoms with Gasteiger partial charge in [-0.05, 0) is 31.4 Å². The van der Waals surface area contributed by atoms with Gasteiger partial charge in [0.15, 0.2) is 0 Å². The van der Waals surface area contributed by atoms with Gasteiger partial charge in [-0.2, -0.15) is 0 Å². The zero-order valence-electron chi connectivity index (χ0n) is 11.2. The molecule has 2 unspecified atom stereocenters. The monoisotopic (exact) mass is 283 g/mol. The molecule has 18 heavy (non-hydrogen) atoms. The van der Waals surface area contributed by atoms with E-state index >= 15 is 0 Å². The van der Waals surface area contributed by atoms with Crippen molar-refractivity contribution in [2.75, 3.05) is 18.2 Å². The van der Waals surface area contributed by atoms with Crippen molar-refractivity contribution >= 4 is 23.4 Å². The smallest absolute Gasteiger partial charge is 0.0240 e. The van der Waals surface area contributed by atoms with Crippen LogP contribution in [0.15, 0.2) is 29.2 Å². The van der Waals surface area contributed by atoms with Crippen LogP contribution in [0.4, 0.5) is 0 Å². The predicted octanol–water partition coefficient (Wildman–Crippen LogP) is 4.26. The summed E-state index contributed by atoms with van der Waals surface area (Å²) in [5.41, 5.74) is 1.70. The number of hydrogen-bond acceptors (Lipinski definition) is 2. The molecule has 0 saturated carbocycles. The highest BCUT2D eigenvalue weighted by molar-refractivity contribution is 7.99. The van der Waals surface area contributed by atoms with Gasteiger partial charge in [0.25, 0.3) is 0 Å². The van der Waals surface area contributed by atoms with Crippen molar-refractivity contribution in [1.82, 2.24) is 5.32 Å². The Labute approximate surface area is 120 Å². The lowest BCUT2D eigenvalue weighted by Gasteiger charge is -2.30. The summed E-state index contributed by atoms with van der Waals surface area (Å²) in [4.78, 5) is 1.46. The van der Waals surface area contributed by atoms with Crippen LogP contribution in [0.2, 0.25) is 0 Å². The van der Waals surface area contributed by atoms with Gasteiger partial charge in [0.2, 0.25) is 0 Å². The standard InChI is InChI=1S/C15H22ClNS/c1-3-15(2,8-9-16)17-10-12-11-18-14-7-5-4-6-13(12)14/h4-7,12,17H,3,8-11H2,1-2H3. The molecule has 2 rings (SSSR count). The van der Waals surface area contributed by atoms with Crippen LogP contribution in [0, 0.1) is 0 Å². The van der Waals surface area contributed by atoms with Crippen LogP contribution >= 0.6 is 23.4 Å². The first-order chi connectivity index (χ1) is 8.68. The number of rotatable bonds is 6. The molecule has 0 saturated heterocycles. The van der Waals surface area contributed by atoms with Crippen LogP contribution in [0.3, 0.4) is 0 Å². The summed E-state index contributed by atoms with van der Waals surface area (Å²) >= 11 is 7.88. The molecule has 0 spiro atoms. The second kappa shape index (κ2) is 6.31. The third-order valence-corrected chi connectivity index (χ3v) is 5.44. The fourth-order valence-corrected chi connectivity index (χ4v) is 4.04. The normalized spacial score (nSPS) is 21.6. The third-order valence-electron chi connectivity index (χ3n) is 4.00. The van der Waals surface area contributed by atoms with Gasteiger partial charge in [0.1, 0.15) is 0 Å². The summed E-state index contributed by atoms with van der Waals surface area (Å²) in [5, 5.41) is 3.73. The highest BCUT2D eigenvalue weighted by atomic mass is 35.5. The van der Waals surface area contributed by atoms with Crippen LogP contribution < -0.4 is 5.32 Å². The van der Waals surface area contributed by atoms with E-state index in [4.69, 9.17) is 11.6 Å². The zero-order chi connectivity index (χ0) is 13.0. The number of halogens is 1. The number of fused-ring (bicyclic) bond motifs is 1. The molecule has 0 aromatic heterocycles. The van der Waals surface area contributed by atoms with Crippen LogP contribution in [0.1, 0.15) is 38.2 Å². The molecular formula is C15H22ClNS. The zero-order valence-corrected chi connectivity index (χ0v) is 12.8. The first-order valence-corrected chi connectivity index (χ1v) is 8.23. The van der Waals surface area contributed by atoms with Gasteiger partial charge >= 0.3 is 0 Å². The quantitative estimate of drug-likeness (QED) is 0.783. The van der Waals surface area contributed by atoms with E-state index in [1.54, 1.807) is 0 Å². The summed E-state index contributed by atoms with van der Waals surface area (Å²) in [6.07, 6.45) is 2.16. The third kappa shape index (κ3) is 3.23. The Morgan fingerprint density at radius 3 is 2.94 bits per heavy atom. The predicted molar refractivity (Wildman–Crippen MR) is 81.9 cm³/mol. The van der Waals surface area contributed by atoms with Crippen LogP contribution in [0.5, 0.6) is 0 Å². The SMILES string of the molecule is CCC(C)(CCCl)NCC1CSc2ccccc21. The van der Waals surface area contributed by atoms with Crippen molar-refractivity contribution in [3.63, 3.8) is 0 Å². The Kier molecular flexibility index (Phi) is 4.99. The number of nitrogens with one attached hydrogen (secondary N) is 1. The molecule has 1 nitrogen and oxygen atoms in total. The van der Waals surface area contributed by atoms with E-state index in [0.29, 0.717) is 5.92 Å². The topological polar surface area (TPSA) is 12.0 Å².